The Hall–Kier alpha value is -1.79. The number of hydrogen-bond donors (Lipinski definition) is 1. The minimum absolute atomic E-state index is 0.164. The molecule has 28 heavy (non-hydrogen) atoms. The van der Waals surface area contributed by atoms with E-state index in [1.165, 1.54) is 11.1 Å². The molecule has 5 nitrogen and oxygen atoms in total. The summed E-state index contributed by atoms with van der Waals surface area (Å²) in [4.78, 5) is 12.1. The Bertz CT molecular complexity index is 778. The molecule has 0 unspecified atom stereocenters. The third-order valence-corrected chi connectivity index (χ3v) is 6.71. The number of hydrogen-bond acceptors (Lipinski definition) is 5. The summed E-state index contributed by atoms with van der Waals surface area (Å²) in [7, 11) is 0. The van der Waals surface area contributed by atoms with Crippen LogP contribution in [-0.4, -0.2) is 81.7 Å². The van der Waals surface area contributed by atoms with E-state index in [-0.39, 0.29) is 11.6 Å². The van der Waals surface area contributed by atoms with Crippen molar-refractivity contribution < 1.29 is 5.11 Å². The second kappa shape index (κ2) is 7.56. The standard InChI is InChI=1S/C23H30N4O/c28-22-11-21-14-25(10-8-19-5-2-1-3-6-19)16-23(27(21)15-22)17-26(18-23)13-20-7-4-9-24-12-20/h1-7,9,12,21-22,28H,8,10-11,13-18H2/t21-,22-/m1/s1. The summed E-state index contributed by atoms with van der Waals surface area (Å²) in [6.07, 6.45) is 5.67. The first-order valence-corrected chi connectivity index (χ1v) is 10.5. The molecule has 3 aliphatic heterocycles. The number of likely N-dealkylation sites (tertiary alicyclic amines) is 1. The summed E-state index contributed by atoms with van der Waals surface area (Å²) >= 11 is 0. The number of fused-ring (bicyclic) bond motifs is 2. The molecule has 0 bridgehead atoms. The molecule has 5 rings (SSSR count). The summed E-state index contributed by atoms with van der Waals surface area (Å²) < 4.78 is 0. The van der Waals surface area contributed by atoms with Crippen molar-refractivity contribution in [3.05, 3.63) is 66.0 Å². The highest BCUT2D eigenvalue weighted by molar-refractivity contribution is 5.18. The van der Waals surface area contributed by atoms with E-state index in [9.17, 15) is 5.11 Å². The van der Waals surface area contributed by atoms with E-state index in [0.29, 0.717) is 6.04 Å². The maximum atomic E-state index is 10.3. The van der Waals surface area contributed by atoms with Crippen molar-refractivity contribution in [2.75, 3.05) is 39.3 Å². The number of pyridine rings is 1. The molecule has 1 aromatic heterocycles. The average molecular weight is 379 g/mol. The number of benzene rings is 1. The van der Waals surface area contributed by atoms with Gasteiger partial charge >= 0.3 is 0 Å². The molecule has 0 saturated carbocycles. The van der Waals surface area contributed by atoms with E-state index >= 15 is 0 Å². The predicted octanol–water partition coefficient (Wildman–Crippen LogP) is 1.63. The van der Waals surface area contributed by atoms with Crippen LogP contribution in [0, 0.1) is 0 Å². The van der Waals surface area contributed by atoms with E-state index in [1.807, 2.05) is 18.5 Å². The van der Waals surface area contributed by atoms with Crippen molar-refractivity contribution in [1.82, 2.24) is 19.7 Å². The normalized spacial score (nSPS) is 27.6. The summed E-state index contributed by atoms with van der Waals surface area (Å²) in [6.45, 7) is 7.31. The Morgan fingerprint density at radius 3 is 2.54 bits per heavy atom. The van der Waals surface area contributed by atoms with Gasteiger partial charge in [0.2, 0.25) is 0 Å². The molecule has 0 radical (unpaired) electrons. The zero-order chi connectivity index (χ0) is 19.0. The third-order valence-electron chi connectivity index (χ3n) is 6.71. The fourth-order valence-corrected chi connectivity index (χ4v) is 5.55. The molecule has 148 valence electrons. The van der Waals surface area contributed by atoms with Crippen LogP contribution in [0.5, 0.6) is 0 Å². The van der Waals surface area contributed by atoms with Gasteiger partial charge in [-0.25, -0.2) is 0 Å². The molecule has 3 saturated heterocycles. The first-order valence-electron chi connectivity index (χ1n) is 10.5. The van der Waals surface area contributed by atoms with Crippen LogP contribution in [0.4, 0.5) is 0 Å². The Kier molecular flexibility index (Phi) is 4.93. The molecule has 4 heterocycles. The molecule has 1 aromatic carbocycles. The van der Waals surface area contributed by atoms with Gasteiger partial charge in [-0.1, -0.05) is 36.4 Å². The van der Waals surface area contributed by atoms with Crippen LogP contribution in [-0.2, 0) is 13.0 Å². The van der Waals surface area contributed by atoms with Crippen LogP contribution in [0.1, 0.15) is 17.5 Å². The maximum Gasteiger partial charge on any atom is 0.0682 e. The molecule has 5 heteroatoms. The van der Waals surface area contributed by atoms with Crippen molar-refractivity contribution in [3.8, 4) is 0 Å². The highest BCUT2D eigenvalue weighted by atomic mass is 16.3. The Morgan fingerprint density at radius 1 is 0.964 bits per heavy atom. The Balaban J connectivity index is 1.25. The first-order chi connectivity index (χ1) is 13.7. The van der Waals surface area contributed by atoms with Crippen molar-refractivity contribution in [2.24, 2.45) is 0 Å². The van der Waals surface area contributed by atoms with Gasteiger partial charge in [-0.3, -0.25) is 19.7 Å². The second-order valence-electron chi connectivity index (χ2n) is 8.90. The lowest BCUT2D eigenvalue weighted by Gasteiger charge is -2.61. The van der Waals surface area contributed by atoms with Gasteiger partial charge in [-0.2, -0.15) is 0 Å². The molecule has 3 fully saturated rings. The molecular weight excluding hydrogens is 348 g/mol. The van der Waals surface area contributed by atoms with Crippen LogP contribution in [0.25, 0.3) is 0 Å². The van der Waals surface area contributed by atoms with Gasteiger partial charge in [0, 0.05) is 64.2 Å². The lowest BCUT2D eigenvalue weighted by atomic mass is 9.83. The number of aliphatic hydroxyl groups excluding tert-OH is 1. The summed E-state index contributed by atoms with van der Waals surface area (Å²) in [6, 6.07) is 15.5. The fourth-order valence-electron chi connectivity index (χ4n) is 5.55. The van der Waals surface area contributed by atoms with Crippen molar-refractivity contribution in [2.45, 2.75) is 37.1 Å². The van der Waals surface area contributed by atoms with E-state index < -0.39 is 0 Å². The van der Waals surface area contributed by atoms with Gasteiger partial charge < -0.3 is 5.11 Å². The second-order valence-corrected chi connectivity index (χ2v) is 8.90. The van der Waals surface area contributed by atoms with Crippen LogP contribution in [0.2, 0.25) is 0 Å². The predicted molar refractivity (Wildman–Crippen MR) is 110 cm³/mol. The monoisotopic (exact) mass is 378 g/mol. The van der Waals surface area contributed by atoms with Gasteiger partial charge in [0.05, 0.1) is 11.6 Å². The van der Waals surface area contributed by atoms with Gasteiger partial charge in [-0.15, -0.1) is 0 Å². The van der Waals surface area contributed by atoms with E-state index in [0.717, 1.165) is 58.7 Å². The van der Waals surface area contributed by atoms with E-state index in [1.54, 1.807) is 0 Å². The lowest BCUT2D eigenvalue weighted by Crippen LogP contribution is -2.77. The van der Waals surface area contributed by atoms with Gasteiger partial charge in [0.15, 0.2) is 0 Å². The Morgan fingerprint density at radius 2 is 1.75 bits per heavy atom. The quantitative estimate of drug-likeness (QED) is 0.857. The van der Waals surface area contributed by atoms with Crippen molar-refractivity contribution in [1.29, 1.82) is 0 Å². The van der Waals surface area contributed by atoms with Crippen LogP contribution < -0.4 is 0 Å². The van der Waals surface area contributed by atoms with Crippen LogP contribution in [0.3, 0.4) is 0 Å². The molecule has 3 aliphatic rings. The SMILES string of the molecule is O[C@@H]1C[C@@H]2CN(CCc3ccccc3)CC3(CN(Cc4cccnc4)C3)N2C1. The minimum atomic E-state index is -0.164. The van der Waals surface area contributed by atoms with E-state index in [2.05, 4.69) is 56.1 Å². The number of β-amino-alcohol motifs (C(OH)–C–C–N with tert-alkyl or cyclic N) is 1. The molecule has 2 atom stereocenters. The molecule has 2 aromatic rings. The number of piperazine rings is 1. The summed E-state index contributed by atoms with van der Waals surface area (Å²) in [5.41, 5.74) is 2.91. The topological polar surface area (TPSA) is 42.8 Å². The van der Waals surface area contributed by atoms with Gasteiger partial charge in [0.1, 0.15) is 0 Å². The van der Waals surface area contributed by atoms with Gasteiger partial charge in [0.25, 0.3) is 0 Å². The Labute approximate surface area is 167 Å². The smallest absolute Gasteiger partial charge is 0.0682 e. The van der Waals surface area contributed by atoms with Gasteiger partial charge in [-0.05, 0) is 30.0 Å². The van der Waals surface area contributed by atoms with Crippen molar-refractivity contribution in [3.63, 3.8) is 0 Å². The fraction of sp³-hybridized carbons (Fsp3) is 0.522. The van der Waals surface area contributed by atoms with Crippen LogP contribution in [0.15, 0.2) is 54.9 Å². The largest absolute Gasteiger partial charge is 0.392 e. The average Bonchev–Trinajstić information content (AvgIpc) is 3.07. The number of aliphatic hydroxyl groups is 1. The zero-order valence-electron chi connectivity index (χ0n) is 16.5. The third kappa shape index (κ3) is 3.60. The molecular formula is C23H30N4O. The number of aromatic nitrogens is 1. The molecule has 0 amide bonds. The molecule has 0 aliphatic carbocycles. The number of rotatable bonds is 5. The van der Waals surface area contributed by atoms with Crippen LogP contribution >= 0.6 is 0 Å². The molecule has 1 N–H and O–H groups in total. The zero-order valence-corrected chi connectivity index (χ0v) is 16.5. The number of nitrogens with zero attached hydrogens (tertiary/aromatic N) is 4. The highest BCUT2D eigenvalue weighted by Crippen LogP contribution is 2.39. The highest BCUT2D eigenvalue weighted by Gasteiger charge is 2.55. The molecule has 1 spiro atoms. The maximum absolute atomic E-state index is 10.3. The summed E-state index contributed by atoms with van der Waals surface area (Å²) in [5, 5.41) is 10.3. The van der Waals surface area contributed by atoms with E-state index in [4.69, 9.17) is 0 Å². The minimum Gasteiger partial charge on any atom is -0.392 e. The summed E-state index contributed by atoms with van der Waals surface area (Å²) in [5.74, 6) is 0. The first kappa shape index (κ1) is 18.3. The lowest BCUT2D eigenvalue weighted by molar-refractivity contribution is -0.116. The van der Waals surface area contributed by atoms with Crippen molar-refractivity contribution >= 4 is 0 Å².